The number of nitriles is 1. The minimum absolute atomic E-state index is 0.387. The lowest BCUT2D eigenvalue weighted by molar-refractivity contribution is 0.412. The van der Waals surface area contributed by atoms with Crippen LogP contribution >= 0.6 is 11.6 Å². The van der Waals surface area contributed by atoms with Gasteiger partial charge in [-0.25, -0.2) is 4.98 Å². The van der Waals surface area contributed by atoms with Gasteiger partial charge in [-0.1, -0.05) is 11.6 Å². The van der Waals surface area contributed by atoms with Crippen LogP contribution in [0.25, 0.3) is 0 Å². The highest BCUT2D eigenvalue weighted by atomic mass is 35.5. The lowest BCUT2D eigenvalue weighted by Crippen LogP contribution is -1.90. The molecule has 0 spiro atoms. The maximum atomic E-state index is 9.04. The second-order valence-corrected chi connectivity index (χ2v) is 3.78. The van der Waals surface area contributed by atoms with Crippen molar-refractivity contribution in [3.05, 3.63) is 47.2 Å². The molecule has 4 nitrogen and oxygen atoms in total. The standard InChI is InChI=1S/C13H9ClN2O2/c1-17-10-2-4-12(9(6-10)7-15)18-11-3-5-13(14)16-8-11/h2-6,8H,1H3. The first-order valence-corrected chi connectivity index (χ1v) is 5.48. The summed E-state index contributed by atoms with van der Waals surface area (Å²) in [6, 6.07) is 10.4. The monoisotopic (exact) mass is 260 g/mol. The molecule has 1 heterocycles. The van der Waals surface area contributed by atoms with Crippen molar-refractivity contribution in [2.45, 2.75) is 0 Å². The predicted molar refractivity (Wildman–Crippen MR) is 67.0 cm³/mol. The Morgan fingerprint density at radius 3 is 2.61 bits per heavy atom. The second kappa shape index (κ2) is 5.39. The highest BCUT2D eigenvalue weighted by Gasteiger charge is 2.06. The maximum Gasteiger partial charge on any atom is 0.145 e. The van der Waals surface area contributed by atoms with Crippen LogP contribution in [0.2, 0.25) is 5.15 Å². The molecule has 0 fully saturated rings. The Kier molecular flexibility index (Phi) is 3.66. The number of hydrogen-bond donors (Lipinski definition) is 0. The fourth-order valence-corrected chi connectivity index (χ4v) is 1.47. The third-order valence-corrected chi connectivity index (χ3v) is 2.46. The second-order valence-electron chi connectivity index (χ2n) is 3.39. The SMILES string of the molecule is COc1ccc(Oc2ccc(Cl)nc2)c(C#N)c1. The summed E-state index contributed by atoms with van der Waals surface area (Å²) in [5.74, 6) is 1.57. The summed E-state index contributed by atoms with van der Waals surface area (Å²) in [5.41, 5.74) is 0.393. The lowest BCUT2D eigenvalue weighted by atomic mass is 10.2. The molecule has 0 bridgehead atoms. The van der Waals surface area contributed by atoms with Gasteiger partial charge in [0.05, 0.1) is 18.9 Å². The van der Waals surface area contributed by atoms with Gasteiger partial charge in [-0.05, 0) is 24.3 Å². The zero-order valence-corrected chi connectivity index (χ0v) is 10.3. The van der Waals surface area contributed by atoms with Crippen LogP contribution < -0.4 is 9.47 Å². The Bertz CT molecular complexity index is 591. The Labute approximate surface area is 109 Å². The molecule has 0 aliphatic heterocycles. The molecule has 18 heavy (non-hydrogen) atoms. The Morgan fingerprint density at radius 1 is 1.22 bits per heavy atom. The van der Waals surface area contributed by atoms with Crippen LogP contribution in [0.5, 0.6) is 17.2 Å². The van der Waals surface area contributed by atoms with Crippen molar-refractivity contribution in [3.63, 3.8) is 0 Å². The van der Waals surface area contributed by atoms with Crippen molar-refractivity contribution in [2.75, 3.05) is 7.11 Å². The van der Waals surface area contributed by atoms with E-state index in [0.29, 0.717) is 28.0 Å². The molecule has 2 aromatic rings. The van der Waals surface area contributed by atoms with Crippen molar-refractivity contribution in [2.24, 2.45) is 0 Å². The van der Waals surface area contributed by atoms with Crippen LogP contribution in [0.1, 0.15) is 5.56 Å². The molecule has 0 atom stereocenters. The molecule has 0 saturated carbocycles. The number of halogens is 1. The first-order valence-electron chi connectivity index (χ1n) is 5.10. The largest absolute Gasteiger partial charge is 0.497 e. The Hall–Kier alpha value is -2.25. The van der Waals surface area contributed by atoms with Gasteiger partial charge in [0, 0.05) is 6.07 Å². The molecule has 1 aromatic carbocycles. The Balaban J connectivity index is 2.29. The fourth-order valence-electron chi connectivity index (χ4n) is 1.36. The van der Waals surface area contributed by atoms with Crippen molar-refractivity contribution >= 4 is 11.6 Å². The summed E-state index contributed by atoms with van der Waals surface area (Å²) in [6.45, 7) is 0. The average molecular weight is 261 g/mol. The van der Waals surface area contributed by atoms with Crippen molar-refractivity contribution in [1.29, 1.82) is 5.26 Å². The summed E-state index contributed by atoms with van der Waals surface area (Å²) in [7, 11) is 1.54. The number of rotatable bonds is 3. The first-order chi connectivity index (χ1) is 8.72. The molecule has 0 aliphatic carbocycles. The van der Waals surface area contributed by atoms with Crippen LogP contribution in [-0.2, 0) is 0 Å². The van der Waals surface area contributed by atoms with E-state index in [1.807, 2.05) is 0 Å². The van der Waals surface area contributed by atoms with E-state index in [1.165, 1.54) is 6.20 Å². The van der Waals surface area contributed by atoms with Crippen LogP contribution in [-0.4, -0.2) is 12.1 Å². The van der Waals surface area contributed by atoms with E-state index in [1.54, 1.807) is 37.4 Å². The van der Waals surface area contributed by atoms with Crippen LogP contribution in [0, 0.1) is 11.3 Å². The molecule has 0 radical (unpaired) electrons. The van der Waals surface area contributed by atoms with Crippen LogP contribution in [0.15, 0.2) is 36.5 Å². The number of pyridine rings is 1. The quantitative estimate of drug-likeness (QED) is 0.794. The molecule has 90 valence electrons. The molecular weight excluding hydrogens is 252 g/mol. The van der Waals surface area contributed by atoms with Crippen molar-refractivity contribution < 1.29 is 9.47 Å². The summed E-state index contributed by atoms with van der Waals surface area (Å²) in [6.07, 6.45) is 1.49. The van der Waals surface area contributed by atoms with Gasteiger partial charge in [0.1, 0.15) is 28.5 Å². The molecule has 0 N–H and O–H groups in total. The van der Waals surface area contributed by atoms with Gasteiger partial charge >= 0.3 is 0 Å². The summed E-state index contributed by atoms with van der Waals surface area (Å²) < 4.78 is 10.6. The minimum atomic E-state index is 0.387. The number of ether oxygens (including phenoxy) is 2. The summed E-state index contributed by atoms with van der Waals surface area (Å²) in [5, 5.41) is 9.42. The van der Waals surface area contributed by atoms with Gasteiger partial charge in [0.15, 0.2) is 0 Å². The van der Waals surface area contributed by atoms with Gasteiger partial charge in [0.2, 0.25) is 0 Å². The molecule has 0 unspecified atom stereocenters. The zero-order valence-electron chi connectivity index (χ0n) is 9.55. The van der Waals surface area contributed by atoms with Gasteiger partial charge in [-0.2, -0.15) is 5.26 Å². The highest BCUT2D eigenvalue weighted by Crippen LogP contribution is 2.28. The summed E-state index contributed by atoms with van der Waals surface area (Å²) >= 11 is 5.68. The molecule has 5 heteroatoms. The number of aromatic nitrogens is 1. The number of methoxy groups -OCH3 is 1. The third-order valence-electron chi connectivity index (χ3n) is 2.24. The van der Waals surface area contributed by atoms with E-state index in [0.717, 1.165) is 0 Å². The van der Waals surface area contributed by atoms with E-state index in [2.05, 4.69) is 11.1 Å². The Morgan fingerprint density at radius 2 is 2.00 bits per heavy atom. The van der Waals surface area contributed by atoms with Crippen LogP contribution in [0.4, 0.5) is 0 Å². The fraction of sp³-hybridized carbons (Fsp3) is 0.0769. The molecule has 0 aliphatic rings. The van der Waals surface area contributed by atoms with Crippen molar-refractivity contribution in [3.8, 4) is 23.3 Å². The molecule has 0 amide bonds. The normalized spacial score (nSPS) is 9.61. The van der Waals surface area contributed by atoms with E-state index in [4.69, 9.17) is 26.3 Å². The average Bonchev–Trinajstić information content (AvgIpc) is 2.41. The van der Waals surface area contributed by atoms with Gasteiger partial charge in [0.25, 0.3) is 0 Å². The van der Waals surface area contributed by atoms with Gasteiger partial charge in [-0.15, -0.1) is 0 Å². The van der Waals surface area contributed by atoms with Crippen molar-refractivity contribution in [1.82, 2.24) is 4.98 Å². The molecule has 2 rings (SSSR count). The first kappa shape index (κ1) is 12.2. The predicted octanol–water partition coefficient (Wildman–Crippen LogP) is 3.41. The topological polar surface area (TPSA) is 55.1 Å². The van der Waals surface area contributed by atoms with E-state index < -0.39 is 0 Å². The highest BCUT2D eigenvalue weighted by molar-refractivity contribution is 6.29. The molecule has 1 aromatic heterocycles. The summed E-state index contributed by atoms with van der Waals surface area (Å²) in [4.78, 5) is 3.90. The number of nitrogens with zero attached hydrogens (tertiary/aromatic N) is 2. The van der Waals surface area contributed by atoms with E-state index >= 15 is 0 Å². The van der Waals surface area contributed by atoms with E-state index in [-0.39, 0.29) is 0 Å². The molecule has 0 saturated heterocycles. The maximum absolute atomic E-state index is 9.04. The number of benzene rings is 1. The van der Waals surface area contributed by atoms with Crippen LogP contribution in [0.3, 0.4) is 0 Å². The smallest absolute Gasteiger partial charge is 0.145 e. The van der Waals surface area contributed by atoms with E-state index in [9.17, 15) is 0 Å². The van der Waals surface area contributed by atoms with Gasteiger partial charge in [-0.3, -0.25) is 0 Å². The number of hydrogen-bond acceptors (Lipinski definition) is 4. The zero-order chi connectivity index (χ0) is 13.0. The third kappa shape index (κ3) is 2.70. The van der Waals surface area contributed by atoms with Gasteiger partial charge < -0.3 is 9.47 Å². The molecular formula is C13H9ClN2O2. The minimum Gasteiger partial charge on any atom is -0.497 e. The lowest BCUT2D eigenvalue weighted by Gasteiger charge is -2.08.